The van der Waals surface area contributed by atoms with Gasteiger partial charge in [0.1, 0.15) is 0 Å². The molecule has 22 heavy (non-hydrogen) atoms. The number of halogens is 1. The molecule has 1 saturated heterocycles. The summed E-state index contributed by atoms with van der Waals surface area (Å²) in [6, 6.07) is 0.589. The first-order valence-corrected chi connectivity index (χ1v) is 8.65. The molecule has 2 N–H and O–H groups in total. The molecule has 6 heteroatoms. The molecular formula is C16H35IN4O. The third kappa shape index (κ3) is 9.15. The van der Waals surface area contributed by atoms with Crippen LogP contribution in [0.25, 0.3) is 0 Å². The molecule has 0 spiro atoms. The van der Waals surface area contributed by atoms with Gasteiger partial charge in [-0.15, -0.1) is 24.0 Å². The van der Waals surface area contributed by atoms with Crippen LogP contribution in [0.2, 0.25) is 0 Å². The van der Waals surface area contributed by atoms with E-state index < -0.39 is 0 Å². The Morgan fingerprint density at radius 2 is 1.91 bits per heavy atom. The zero-order valence-corrected chi connectivity index (χ0v) is 16.9. The van der Waals surface area contributed by atoms with E-state index in [1.165, 1.54) is 32.4 Å². The Morgan fingerprint density at radius 1 is 1.18 bits per heavy atom. The highest BCUT2D eigenvalue weighted by Crippen LogP contribution is 2.14. The minimum Gasteiger partial charge on any atom is -0.382 e. The molecule has 0 radical (unpaired) electrons. The lowest BCUT2D eigenvalue weighted by Crippen LogP contribution is -2.40. The Bertz CT molecular complexity index is 283. The Kier molecular flexibility index (Phi) is 14.5. The Hall–Kier alpha value is -0.0800. The van der Waals surface area contributed by atoms with Gasteiger partial charge in [-0.3, -0.25) is 9.89 Å². The molecule has 0 bridgehead atoms. The predicted molar refractivity (Wildman–Crippen MR) is 105 cm³/mol. The van der Waals surface area contributed by atoms with E-state index in [0.29, 0.717) is 6.04 Å². The third-order valence-corrected chi connectivity index (χ3v) is 3.89. The molecule has 1 aliphatic rings. The SMILES string of the molecule is CCNC(=NCC(CC)N1CCCC1)NCCCOCC.I. The van der Waals surface area contributed by atoms with Crippen molar-refractivity contribution in [1.82, 2.24) is 15.5 Å². The maximum atomic E-state index is 5.35. The Labute approximate surface area is 153 Å². The van der Waals surface area contributed by atoms with Gasteiger partial charge in [0.25, 0.3) is 0 Å². The summed E-state index contributed by atoms with van der Waals surface area (Å²) < 4.78 is 5.35. The topological polar surface area (TPSA) is 48.9 Å². The number of rotatable bonds is 10. The highest BCUT2D eigenvalue weighted by Gasteiger charge is 2.19. The Morgan fingerprint density at radius 3 is 2.50 bits per heavy atom. The lowest BCUT2D eigenvalue weighted by atomic mass is 10.2. The third-order valence-electron chi connectivity index (χ3n) is 3.89. The van der Waals surface area contributed by atoms with Crippen molar-refractivity contribution in [3.63, 3.8) is 0 Å². The average molecular weight is 426 g/mol. The van der Waals surface area contributed by atoms with E-state index in [4.69, 9.17) is 9.73 Å². The largest absolute Gasteiger partial charge is 0.382 e. The van der Waals surface area contributed by atoms with Gasteiger partial charge >= 0.3 is 0 Å². The highest BCUT2D eigenvalue weighted by molar-refractivity contribution is 14.0. The summed E-state index contributed by atoms with van der Waals surface area (Å²) >= 11 is 0. The lowest BCUT2D eigenvalue weighted by molar-refractivity contribution is 0.145. The molecule has 1 fully saturated rings. The molecule has 1 atom stereocenters. The molecule has 0 aliphatic carbocycles. The molecule has 0 aromatic rings. The zero-order valence-electron chi connectivity index (χ0n) is 14.6. The van der Waals surface area contributed by atoms with Gasteiger partial charge in [-0.05, 0) is 52.6 Å². The van der Waals surface area contributed by atoms with Crippen molar-refractivity contribution >= 4 is 29.9 Å². The summed E-state index contributed by atoms with van der Waals surface area (Å²) in [5.74, 6) is 0.937. The van der Waals surface area contributed by atoms with Crippen LogP contribution in [0.4, 0.5) is 0 Å². The van der Waals surface area contributed by atoms with Gasteiger partial charge in [0.15, 0.2) is 5.96 Å². The lowest BCUT2D eigenvalue weighted by Gasteiger charge is -2.25. The van der Waals surface area contributed by atoms with Crippen LogP contribution in [0.1, 0.15) is 46.5 Å². The smallest absolute Gasteiger partial charge is 0.191 e. The number of nitrogens with zero attached hydrogens (tertiary/aromatic N) is 2. The van der Waals surface area contributed by atoms with Gasteiger partial charge in [-0.2, -0.15) is 0 Å². The first kappa shape index (κ1) is 21.9. The van der Waals surface area contributed by atoms with E-state index in [0.717, 1.165) is 45.2 Å². The van der Waals surface area contributed by atoms with Crippen LogP contribution in [0.15, 0.2) is 4.99 Å². The molecule has 1 aliphatic heterocycles. The molecule has 1 heterocycles. The van der Waals surface area contributed by atoms with E-state index in [-0.39, 0.29) is 24.0 Å². The number of guanidine groups is 1. The van der Waals surface area contributed by atoms with Crippen molar-refractivity contribution in [2.24, 2.45) is 4.99 Å². The normalized spacial score (nSPS) is 17.1. The molecule has 0 saturated carbocycles. The van der Waals surface area contributed by atoms with Crippen LogP contribution in [0, 0.1) is 0 Å². The number of ether oxygens (including phenoxy) is 1. The Balaban J connectivity index is 0.00000441. The number of nitrogens with one attached hydrogen (secondary N) is 2. The predicted octanol–water partition coefficient (Wildman–Crippen LogP) is 2.46. The summed E-state index contributed by atoms with van der Waals surface area (Å²) in [6.07, 6.45) is 4.88. The molecule has 1 rings (SSSR count). The molecule has 5 nitrogen and oxygen atoms in total. The maximum absolute atomic E-state index is 5.35. The molecule has 0 aromatic heterocycles. The summed E-state index contributed by atoms with van der Waals surface area (Å²) in [7, 11) is 0. The fraction of sp³-hybridized carbons (Fsp3) is 0.938. The van der Waals surface area contributed by atoms with Crippen molar-refractivity contribution in [2.75, 3.05) is 45.9 Å². The van der Waals surface area contributed by atoms with Crippen molar-refractivity contribution in [1.29, 1.82) is 0 Å². The molecule has 0 amide bonds. The van der Waals surface area contributed by atoms with Gasteiger partial charge in [0, 0.05) is 32.3 Å². The summed E-state index contributed by atoms with van der Waals surface area (Å²) in [6.45, 7) is 13.2. The second-order valence-corrected chi connectivity index (χ2v) is 5.50. The number of hydrogen-bond donors (Lipinski definition) is 2. The molecule has 132 valence electrons. The van der Waals surface area contributed by atoms with Crippen LogP contribution in [0.3, 0.4) is 0 Å². The summed E-state index contributed by atoms with van der Waals surface area (Å²) in [5.41, 5.74) is 0. The molecule has 1 unspecified atom stereocenters. The van der Waals surface area contributed by atoms with E-state index in [2.05, 4.69) is 29.4 Å². The summed E-state index contributed by atoms with van der Waals surface area (Å²) in [5, 5.41) is 6.71. The zero-order chi connectivity index (χ0) is 15.3. The second kappa shape index (κ2) is 14.5. The van der Waals surface area contributed by atoms with E-state index >= 15 is 0 Å². The minimum atomic E-state index is 0. The minimum absolute atomic E-state index is 0. The fourth-order valence-electron chi connectivity index (χ4n) is 2.67. The summed E-state index contributed by atoms with van der Waals surface area (Å²) in [4.78, 5) is 7.34. The van der Waals surface area contributed by atoms with Gasteiger partial charge in [0.2, 0.25) is 0 Å². The maximum Gasteiger partial charge on any atom is 0.191 e. The standard InChI is InChI=1S/C16H34N4O.HI/c1-4-15(20-11-7-8-12-20)14-19-16(17-5-2)18-10-9-13-21-6-3;/h15H,4-14H2,1-3H3,(H2,17,18,19);1H. The van der Waals surface area contributed by atoms with Gasteiger partial charge in [-0.25, -0.2) is 0 Å². The fourth-order valence-corrected chi connectivity index (χ4v) is 2.67. The van der Waals surface area contributed by atoms with Crippen LogP contribution >= 0.6 is 24.0 Å². The second-order valence-electron chi connectivity index (χ2n) is 5.50. The van der Waals surface area contributed by atoms with Crippen LogP contribution in [-0.2, 0) is 4.74 Å². The van der Waals surface area contributed by atoms with Crippen LogP contribution in [-0.4, -0.2) is 62.8 Å². The monoisotopic (exact) mass is 426 g/mol. The molecular weight excluding hydrogens is 391 g/mol. The van der Waals surface area contributed by atoms with Crippen LogP contribution < -0.4 is 10.6 Å². The highest BCUT2D eigenvalue weighted by atomic mass is 127. The quantitative estimate of drug-likeness (QED) is 0.244. The average Bonchev–Trinajstić information content (AvgIpc) is 3.01. The van der Waals surface area contributed by atoms with Crippen molar-refractivity contribution in [3.05, 3.63) is 0 Å². The number of hydrogen-bond acceptors (Lipinski definition) is 3. The number of likely N-dealkylation sites (tertiary alicyclic amines) is 1. The molecule has 0 aromatic carbocycles. The van der Waals surface area contributed by atoms with Crippen molar-refractivity contribution < 1.29 is 4.74 Å². The van der Waals surface area contributed by atoms with Crippen LogP contribution in [0.5, 0.6) is 0 Å². The van der Waals surface area contributed by atoms with Gasteiger partial charge in [-0.1, -0.05) is 6.92 Å². The first-order chi connectivity index (χ1) is 10.3. The van der Waals surface area contributed by atoms with E-state index in [9.17, 15) is 0 Å². The van der Waals surface area contributed by atoms with E-state index in [1.54, 1.807) is 0 Å². The van der Waals surface area contributed by atoms with E-state index in [1.807, 2.05) is 6.92 Å². The first-order valence-electron chi connectivity index (χ1n) is 8.65. The van der Waals surface area contributed by atoms with Crippen molar-refractivity contribution in [3.8, 4) is 0 Å². The van der Waals surface area contributed by atoms with Gasteiger partial charge in [0.05, 0.1) is 6.54 Å². The van der Waals surface area contributed by atoms with Gasteiger partial charge < -0.3 is 15.4 Å². The number of aliphatic imine (C=N–C) groups is 1. The van der Waals surface area contributed by atoms with Crippen molar-refractivity contribution in [2.45, 2.75) is 52.5 Å².